The van der Waals surface area contributed by atoms with Crippen LogP contribution in [0.4, 0.5) is 0 Å². The molecule has 0 aliphatic carbocycles. The molecule has 1 aromatic carbocycles. The van der Waals surface area contributed by atoms with Gasteiger partial charge in [-0.3, -0.25) is 4.79 Å². The third kappa shape index (κ3) is 9.24. The molecule has 4 N–H and O–H groups in total. The van der Waals surface area contributed by atoms with Crippen LogP contribution in [0.3, 0.4) is 0 Å². The van der Waals surface area contributed by atoms with Gasteiger partial charge < -0.3 is 25.8 Å². The van der Waals surface area contributed by atoms with E-state index in [0.29, 0.717) is 13.2 Å². The Labute approximate surface area is 154 Å². The zero-order valence-electron chi connectivity index (χ0n) is 13.7. The average Bonchev–Trinajstić information content (AvgIpc) is 2.51. The van der Waals surface area contributed by atoms with Gasteiger partial charge in [0.2, 0.25) is 5.91 Å². The highest BCUT2D eigenvalue weighted by molar-refractivity contribution is 14.0. The minimum Gasteiger partial charge on any atom is -0.497 e. The summed E-state index contributed by atoms with van der Waals surface area (Å²) in [5.41, 5.74) is 6.67. The number of carbonyl (C=O) groups is 1. The van der Waals surface area contributed by atoms with Gasteiger partial charge in [-0.2, -0.15) is 0 Å². The second-order valence-corrected chi connectivity index (χ2v) is 4.83. The summed E-state index contributed by atoms with van der Waals surface area (Å²) in [5.74, 6) is 0.813. The van der Waals surface area contributed by atoms with Gasteiger partial charge in [0.25, 0.3) is 0 Å². The number of benzene rings is 1. The van der Waals surface area contributed by atoms with E-state index < -0.39 is 0 Å². The SMILES string of the molecule is COCC(C)NC(N)=NCC(=O)NCc1ccc(OC)cc1.I. The molecule has 1 atom stereocenters. The van der Waals surface area contributed by atoms with Crippen molar-refractivity contribution in [3.8, 4) is 5.75 Å². The normalized spacial score (nSPS) is 12.0. The lowest BCUT2D eigenvalue weighted by Crippen LogP contribution is -2.41. The number of nitrogens with one attached hydrogen (secondary N) is 2. The Morgan fingerprint density at radius 1 is 1.30 bits per heavy atom. The van der Waals surface area contributed by atoms with Crippen molar-refractivity contribution in [3.63, 3.8) is 0 Å². The van der Waals surface area contributed by atoms with E-state index >= 15 is 0 Å². The first kappa shape index (κ1) is 21.4. The average molecular weight is 436 g/mol. The molecular formula is C15H25IN4O3. The van der Waals surface area contributed by atoms with Crippen molar-refractivity contribution >= 4 is 35.8 Å². The molecule has 0 saturated carbocycles. The van der Waals surface area contributed by atoms with E-state index in [1.165, 1.54) is 0 Å². The van der Waals surface area contributed by atoms with Crippen LogP contribution in [0.1, 0.15) is 12.5 Å². The zero-order chi connectivity index (χ0) is 16.4. The van der Waals surface area contributed by atoms with Crippen molar-refractivity contribution in [3.05, 3.63) is 29.8 Å². The molecule has 130 valence electrons. The van der Waals surface area contributed by atoms with Crippen LogP contribution >= 0.6 is 24.0 Å². The van der Waals surface area contributed by atoms with Crippen LogP contribution in [-0.4, -0.2) is 45.3 Å². The zero-order valence-corrected chi connectivity index (χ0v) is 16.0. The first-order chi connectivity index (χ1) is 10.5. The Hall–Kier alpha value is -1.55. The van der Waals surface area contributed by atoms with Gasteiger partial charge >= 0.3 is 0 Å². The maximum atomic E-state index is 11.7. The lowest BCUT2D eigenvalue weighted by Gasteiger charge is -2.13. The quantitative estimate of drug-likeness (QED) is 0.319. The van der Waals surface area contributed by atoms with Gasteiger partial charge in [-0.25, -0.2) is 4.99 Å². The van der Waals surface area contributed by atoms with Gasteiger partial charge in [-0.05, 0) is 24.6 Å². The second-order valence-electron chi connectivity index (χ2n) is 4.83. The second kappa shape index (κ2) is 11.9. The van der Waals surface area contributed by atoms with Gasteiger partial charge in [0.1, 0.15) is 12.3 Å². The molecule has 0 radical (unpaired) electrons. The molecule has 1 amide bonds. The molecule has 0 aromatic heterocycles. The topological polar surface area (TPSA) is 98.0 Å². The van der Waals surface area contributed by atoms with Crippen molar-refractivity contribution in [2.75, 3.05) is 27.4 Å². The molecule has 8 heteroatoms. The van der Waals surface area contributed by atoms with Crippen molar-refractivity contribution in [1.29, 1.82) is 0 Å². The molecule has 0 aliphatic heterocycles. The maximum absolute atomic E-state index is 11.7. The van der Waals surface area contributed by atoms with Crippen LogP contribution in [0.25, 0.3) is 0 Å². The molecular weight excluding hydrogens is 411 g/mol. The summed E-state index contributed by atoms with van der Waals surface area (Å²) in [6.45, 7) is 2.84. The number of ether oxygens (including phenoxy) is 2. The number of hydrogen-bond donors (Lipinski definition) is 3. The summed E-state index contributed by atoms with van der Waals surface area (Å²) in [7, 11) is 3.22. The number of nitrogens with two attached hydrogens (primary N) is 1. The van der Waals surface area contributed by atoms with Gasteiger partial charge in [-0.1, -0.05) is 12.1 Å². The predicted octanol–water partition coefficient (Wildman–Crippen LogP) is 0.869. The number of nitrogens with zero attached hydrogens (tertiary/aromatic N) is 1. The highest BCUT2D eigenvalue weighted by Gasteiger charge is 2.04. The molecule has 0 saturated heterocycles. The standard InChI is InChI=1S/C15H24N4O3.HI/c1-11(10-21-2)19-15(16)18-9-14(20)17-8-12-4-6-13(22-3)7-5-12;/h4-7,11H,8-10H2,1-3H3,(H,17,20)(H3,16,18,19);1H. The minimum absolute atomic E-state index is 0. The van der Waals surface area contributed by atoms with E-state index in [-0.39, 0.29) is 48.4 Å². The highest BCUT2D eigenvalue weighted by atomic mass is 127. The molecule has 1 rings (SSSR count). The third-order valence-electron chi connectivity index (χ3n) is 2.85. The number of hydrogen-bond acceptors (Lipinski definition) is 4. The van der Waals surface area contributed by atoms with Gasteiger partial charge in [0, 0.05) is 19.7 Å². The fourth-order valence-corrected chi connectivity index (χ4v) is 1.75. The largest absolute Gasteiger partial charge is 0.497 e. The number of guanidine groups is 1. The summed E-state index contributed by atoms with van der Waals surface area (Å²) in [6.07, 6.45) is 0. The summed E-state index contributed by atoms with van der Waals surface area (Å²) in [4.78, 5) is 15.7. The number of amides is 1. The summed E-state index contributed by atoms with van der Waals surface area (Å²) in [6, 6.07) is 7.52. The molecule has 0 heterocycles. The third-order valence-corrected chi connectivity index (χ3v) is 2.85. The Bertz CT molecular complexity index is 494. The van der Waals surface area contributed by atoms with Crippen molar-refractivity contribution in [2.24, 2.45) is 10.7 Å². The summed E-state index contributed by atoms with van der Waals surface area (Å²) >= 11 is 0. The number of halogens is 1. The van der Waals surface area contributed by atoms with Crippen molar-refractivity contribution in [2.45, 2.75) is 19.5 Å². The molecule has 0 spiro atoms. The van der Waals surface area contributed by atoms with Crippen molar-refractivity contribution in [1.82, 2.24) is 10.6 Å². The van der Waals surface area contributed by atoms with Crippen LogP contribution in [0.2, 0.25) is 0 Å². The number of aliphatic imine (C=N–C) groups is 1. The molecule has 1 aromatic rings. The van der Waals surface area contributed by atoms with E-state index in [1.54, 1.807) is 14.2 Å². The van der Waals surface area contributed by atoms with E-state index in [4.69, 9.17) is 15.2 Å². The fourth-order valence-electron chi connectivity index (χ4n) is 1.75. The Balaban J connectivity index is 0.00000484. The van der Waals surface area contributed by atoms with E-state index in [1.807, 2.05) is 31.2 Å². The minimum atomic E-state index is -0.194. The molecule has 0 bridgehead atoms. The maximum Gasteiger partial charge on any atom is 0.242 e. The smallest absolute Gasteiger partial charge is 0.242 e. The lowest BCUT2D eigenvalue weighted by molar-refractivity contribution is -0.119. The molecule has 0 aliphatic rings. The van der Waals surface area contributed by atoms with Crippen molar-refractivity contribution < 1.29 is 14.3 Å². The van der Waals surface area contributed by atoms with E-state index in [0.717, 1.165) is 11.3 Å². The Kier molecular flexibility index (Phi) is 11.1. The molecule has 7 nitrogen and oxygen atoms in total. The predicted molar refractivity (Wildman–Crippen MR) is 101 cm³/mol. The number of methoxy groups -OCH3 is 2. The lowest BCUT2D eigenvalue weighted by atomic mass is 10.2. The highest BCUT2D eigenvalue weighted by Crippen LogP contribution is 2.10. The fraction of sp³-hybridized carbons (Fsp3) is 0.467. The van der Waals surface area contributed by atoms with E-state index in [9.17, 15) is 4.79 Å². The van der Waals surface area contributed by atoms with E-state index in [2.05, 4.69) is 15.6 Å². The number of carbonyl (C=O) groups excluding carboxylic acids is 1. The number of rotatable bonds is 8. The van der Waals surface area contributed by atoms with Crippen LogP contribution in [0, 0.1) is 0 Å². The van der Waals surface area contributed by atoms with Crippen LogP contribution < -0.4 is 21.1 Å². The molecule has 23 heavy (non-hydrogen) atoms. The van der Waals surface area contributed by atoms with Gasteiger partial charge in [0.05, 0.1) is 13.7 Å². The first-order valence-electron chi connectivity index (χ1n) is 7.00. The van der Waals surface area contributed by atoms with Gasteiger partial charge in [0.15, 0.2) is 5.96 Å². The summed E-state index contributed by atoms with van der Waals surface area (Å²) in [5, 5.41) is 5.71. The van der Waals surface area contributed by atoms with Crippen LogP contribution in [0.5, 0.6) is 5.75 Å². The Morgan fingerprint density at radius 3 is 2.52 bits per heavy atom. The summed E-state index contributed by atoms with van der Waals surface area (Å²) < 4.78 is 10.0. The van der Waals surface area contributed by atoms with Crippen LogP contribution in [0.15, 0.2) is 29.3 Å². The molecule has 0 fully saturated rings. The first-order valence-corrected chi connectivity index (χ1v) is 7.00. The van der Waals surface area contributed by atoms with Gasteiger partial charge in [-0.15, -0.1) is 24.0 Å². The van der Waals surface area contributed by atoms with Crippen LogP contribution in [-0.2, 0) is 16.1 Å². The monoisotopic (exact) mass is 436 g/mol. The molecule has 1 unspecified atom stereocenters. The Morgan fingerprint density at radius 2 is 1.96 bits per heavy atom.